The van der Waals surface area contributed by atoms with E-state index in [4.69, 9.17) is 14.6 Å². The summed E-state index contributed by atoms with van der Waals surface area (Å²) in [5, 5.41) is 13.6. The Morgan fingerprint density at radius 2 is 1.91 bits per heavy atom. The first-order chi connectivity index (χ1) is 11.1. The van der Waals surface area contributed by atoms with Crippen molar-refractivity contribution in [1.82, 2.24) is 20.3 Å². The first-order valence-electron chi connectivity index (χ1n) is 6.45. The van der Waals surface area contributed by atoms with E-state index < -0.39 is 11.9 Å². The van der Waals surface area contributed by atoms with Gasteiger partial charge < -0.3 is 19.9 Å². The van der Waals surface area contributed by atoms with Gasteiger partial charge in [-0.05, 0) is 0 Å². The second-order valence-electron chi connectivity index (χ2n) is 4.20. The van der Waals surface area contributed by atoms with Crippen LogP contribution in [0.15, 0.2) is 11.7 Å². The lowest BCUT2D eigenvalue weighted by Crippen LogP contribution is -2.27. The summed E-state index contributed by atoms with van der Waals surface area (Å²) in [5.74, 6) is -1.31. The van der Waals surface area contributed by atoms with Crippen LogP contribution in [0.5, 0.6) is 11.8 Å². The van der Waals surface area contributed by atoms with Crippen molar-refractivity contribution in [1.29, 1.82) is 0 Å². The van der Waals surface area contributed by atoms with Crippen molar-refractivity contribution in [3.8, 4) is 11.8 Å². The number of nitrogens with one attached hydrogen (secondary N) is 1. The quantitative estimate of drug-likeness (QED) is 0.753. The van der Waals surface area contributed by atoms with Crippen molar-refractivity contribution < 1.29 is 24.2 Å². The maximum absolute atomic E-state index is 12.2. The van der Waals surface area contributed by atoms with E-state index in [2.05, 4.69) is 20.3 Å². The Hall–Kier alpha value is -2.75. The molecule has 0 atom stereocenters. The number of carbonyl (C=O) groups is 2. The zero-order valence-corrected chi connectivity index (χ0v) is 13.2. The minimum Gasteiger partial charge on any atom is -0.480 e. The molecule has 10 heteroatoms. The number of carboxylic acids is 1. The molecule has 0 bridgehead atoms. The number of carbonyl (C=O) groups excluding carboxylic acids is 1. The van der Waals surface area contributed by atoms with E-state index in [1.54, 1.807) is 0 Å². The Labute approximate surface area is 135 Å². The highest BCUT2D eigenvalue weighted by atomic mass is 32.1. The van der Waals surface area contributed by atoms with Crippen LogP contribution in [0.4, 0.5) is 0 Å². The zero-order chi connectivity index (χ0) is 16.8. The molecule has 0 radical (unpaired) electrons. The summed E-state index contributed by atoms with van der Waals surface area (Å²) in [6.07, 6.45) is 1.64. The summed E-state index contributed by atoms with van der Waals surface area (Å²) in [6, 6.07) is 0. The van der Waals surface area contributed by atoms with Crippen molar-refractivity contribution in [3.05, 3.63) is 28.0 Å². The number of aromatic nitrogens is 3. The first kappa shape index (κ1) is 16.6. The number of amides is 1. The van der Waals surface area contributed by atoms with Crippen LogP contribution in [0.3, 0.4) is 0 Å². The Balaban J connectivity index is 2.01. The topological polar surface area (TPSA) is 124 Å². The molecule has 2 heterocycles. The zero-order valence-electron chi connectivity index (χ0n) is 12.4. The summed E-state index contributed by atoms with van der Waals surface area (Å²) >= 11 is 1.22. The van der Waals surface area contributed by atoms with Gasteiger partial charge in [0.1, 0.15) is 6.33 Å². The number of aromatic carboxylic acids is 1. The van der Waals surface area contributed by atoms with E-state index in [0.717, 1.165) is 0 Å². The fourth-order valence-corrected chi connectivity index (χ4v) is 2.53. The third-order valence-electron chi connectivity index (χ3n) is 2.79. The highest BCUT2D eigenvalue weighted by Crippen LogP contribution is 2.22. The molecule has 0 saturated carbocycles. The van der Waals surface area contributed by atoms with Crippen LogP contribution in [-0.2, 0) is 6.42 Å². The van der Waals surface area contributed by atoms with Crippen LogP contribution in [0.25, 0.3) is 0 Å². The normalized spacial score (nSPS) is 10.2. The van der Waals surface area contributed by atoms with Gasteiger partial charge in [-0.15, -0.1) is 11.3 Å². The lowest BCUT2D eigenvalue weighted by Gasteiger charge is -2.10. The average molecular weight is 338 g/mol. The molecule has 2 aromatic heterocycles. The molecule has 9 nitrogen and oxygen atoms in total. The van der Waals surface area contributed by atoms with Gasteiger partial charge in [0.15, 0.2) is 11.3 Å². The summed E-state index contributed by atoms with van der Waals surface area (Å²) in [6.45, 7) is 0.270. The van der Waals surface area contributed by atoms with E-state index >= 15 is 0 Å². The molecule has 2 rings (SSSR count). The van der Waals surface area contributed by atoms with E-state index in [1.807, 2.05) is 0 Å². The molecular formula is C13H14N4O5S. The Morgan fingerprint density at radius 1 is 1.26 bits per heavy atom. The Kier molecular flexibility index (Phi) is 5.41. The molecule has 2 N–H and O–H groups in total. The smallest absolute Gasteiger partial charge is 0.355 e. The number of ether oxygens (including phenoxy) is 2. The summed E-state index contributed by atoms with van der Waals surface area (Å²) in [7, 11) is 2.78. The minimum absolute atomic E-state index is 0.00359. The van der Waals surface area contributed by atoms with Gasteiger partial charge in [-0.2, -0.15) is 0 Å². The summed E-state index contributed by atoms with van der Waals surface area (Å²) in [5.41, 5.74) is 0.0963. The molecule has 1 amide bonds. The van der Waals surface area contributed by atoms with Gasteiger partial charge in [-0.25, -0.2) is 19.7 Å². The van der Waals surface area contributed by atoms with Crippen molar-refractivity contribution in [2.75, 3.05) is 20.8 Å². The second kappa shape index (κ2) is 7.49. The molecule has 0 saturated heterocycles. The summed E-state index contributed by atoms with van der Waals surface area (Å²) in [4.78, 5) is 34.7. The Morgan fingerprint density at radius 3 is 2.43 bits per heavy atom. The van der Waals surface area contributed by atoms with Crippen LogP contribution < -0.4 is 14.8 Å². The second-order valence-corrected chi connectivity index (χ2v) is 5.15. The van der Waals surface area contributed by atoms with E-state index in [9.17, 15) is 9.59 Å². The first-order valence-corrected chi connectivity index (χ1v) is 7.33. The number of hydrogen-bond donors (Lipinski definition) is 2. The van der Waals surface area contributed by atoms with Crippen molar-refractivity contribution >= 4 is 23.2 Å². The lowest BCUT2D eigenvalue weighted by atomic mass is 10.2. The van der Waals surface area contributed by atoms with Crippen molar-refractivity contribution in [3.63, 3.8) is 0 Å². The van der Waals surface area contributed by atoms with Gasteiger partial charge in [0, 0.05) is 18.3 Å². The largest absolute Gasteiger partial charge is 0.480 e. The van der Waals surface area contributed by atoms with E-state index in [1.165, 1.54) is 37.3 Å². The molecule has 2 aromatic rings. The summed E-state index contributed by atoms with van der Waals surface area (Å²) < 4.78 is 10.1. The van der Waals surface area contributed by atoms with Crippen LogP contribution in [0.1, 0.15) is 25.9 Å². The molecule has 0 spiro atoms. The molecule has 0 fully saturated rings. The van der Waals surface area contributed by atoms with Crippen molar-refractivity contribution in [2.45, 2.75) is 6.42 Å². The highest BCUT2D eigenvalue weighted by molar-refractivity contribution is 7.09. The molecule has 0 aromatic carbocycles. The predicted octanol–water partition coefficient (Wildman–Crippen LogP) is 0.621. The molecule has 0 unspecified atom stereocenters. The lowest BCUT2D eigenvalue weighted by molar-refractivity contribution is 0.0690. The number of methoxy groups -OCH3 is 2. The standard InChI is InChI=1S/C13H14N4O5S/c1-21-11-9(12(22-2)16-6-15-11)10(18)14-4-3-8-17-7(5-23-8)13(19)20/h5-6H,3-4H2,1-2H3,(H,14,18)(H,19,20). The van der Waals surface area contributed by atoms with Gasteiger partial charge in [-0.1, -0.05) is 0 Å². The number of nitrogens with zero attached hydrogens (tertiary/aromatic N) is 3. The maximum Gasteiger partial charge on any atom is 0.355 e. The van der Waals surface area contributed by atoms with Gasteiger partial charge in [-0.3, -0.25) is 4.79 Å². The van der Waals surface area contributed by atoms with Crippen LogP contribution in [0.2, 0.25) is 0 Å². The van der Waals surface area contributed by atoms with Crippen LogP contribution in [0, 0.1) is 0 Å². The van der Waals surface area contributed by atoms with Gasteiger partial charge in [0.05, 0.1) is 19.2 Å². The predicted molar refractivity (Wildman–Crippen MR) is 80.2 cm³/mol. The fraction of sp³-hybridized carbons (Fsp3) is 0.308. The number of thiazole rings is 1. The molecule has 0 aliphatic heterocycles. The highest BCUT2D eigenvalue weighted by Gasteiger charge is 2.20. The fourth-order valence-electron chi connectivity index (χ4n) is 1.75. The Bertz CT molecular complexity index is 696. The number of carboxylic acid groups (broad SMARTS) is 1. The molecule has 0 aliphatic carbocycles. The van der Waals surface area contributed by atoms with Gasteiger partial charge in [0.2, 0.25) is 11.8 Å². The van der Waals surface area contributed by atoms with Gasteiger partial charge >= 0.3 is 5.97 Å². The maximum atomic E-state index is 12.2. The minimum atomic E-state index is -1.08. The molecule has 0 aliphatic rings. The average Bonchev–Trinajstić information content (AvgIpc) is 3.03. The third kappa shape index (κ3) is 3.92. The monoisotopic (exact) mass is 338 g/mol. The third-order valence-corrected chi connectivity index (χ3v) is 3.70. The van der Waals surface area contributed by atoms with Gasteiger partial charge in [0.25, 0.3) is 5.91 Å². The van der Waals surface area contributed by atoms with Crippen molar-refractivity contribution in [2.24, 2.45) is 0 Å². The number of rotatable bonds is 7. The number of hydrogen-bond acceptors (Lipinski definition) is 8. The van der Waals surface area contributed by atoms with E-state index in [-0.39, 0.29) is 29.6 Å². The molecule has 23 heavy (non-hydrogen) atoms. The SMILES string of the molecule is COc1ncnc(OC)c1C(=O)NCCc1nc(C(=O)O)cs1. The van der Waals surface area contributed by atoms with Crippen LogP contribution >= 0.6 is 11.3 Å². The molecule has 122 valence electrons. The van der Waals surface area contributed by atoms with Crippen LogP contribution in [-0.4, -0.2) is 52.7 Å². The molecular weight excluding hydrogens is 324 g/mol. The van der Waals surface area contributed by atoms with E-state index in [0.29, 0.717) is 11.4 Å².